The summed E-state index contributed by atoms with van der Waals surface area (Å²) in [5.41, 5.74) is -18.0. The summed E-state index contributed by atoms with van der Waals surface area (Å²) >= 11 is 0. The number of ether oxygens (including phenoxy) is 6. The second kappa shape index (κ2) is 45.7. The lowest BCUT2D eigenvalue weighted by Crippen LogP contribution is -2.45. The third kappa shape index (κ3) is 25.0. The van der Waals surface area contributed by atoms with Crippen LogP contribution in [0.4, 0.5) is 0 Å². The fourth-order valence-corrected chi connectivity index (χ4v) is 18.5. The van der Waals surface area contributed by atoms with Gasteiger partial charge in [0.25, 0.3) is 0 Å². The number of hydrogen-bond donors (Lipinski definition) is 6. The first-order valence-corrected chi connectivity index (χ1v) is 48.1. The van der Waals surface area contributed by atoms with Gasteiger partial charge in [-0.25, -0.2) is 0 Å². The Morgan fingerprint density at radius 3 is 0.971 bits per heavy atom. The zero-order chi connectivity index (χ0) is 157. The summed E-state index contributed by atoms with van der Waals surface area (Å²) in [6, 6.07) is 11.2. The smallest absolute Gasteiger partial charge is 0.127 e. The van der Waals surface area contributed by atoms with Crippen LogP contribution in [0.3, 0.4) is 0 Å². The van der Waals surface area contributed by atoms with Gasteiger partial charge < -0.3 is 59.1 Å². The molecule has 0 spiro atoms. The predicted molar refractivity (Wildman–Crippen MR) is 572 cm³/mol. The zero-order valence-corrected chi connectivity index (χ0v) is 81.4. The second-order valence-corrected chi connectivity index (χ2v) is 37.8. The van der Waals surface area contributed by atoms with E-state index in [0.29, 0.717) is 75.3 Å². The molecule has 0 fully saturated rings. The molecule has 6 N–H and O–H groups in total. The van der Waals surface area contributed by atoms with Gasteiger partial charge in [-0.2, -0.15) is 0 Å². The molecule has 12 nitrogen and oxygen atoms in total. The standard InChI is InChI=1S/6C21H30O2/c6*1-5-6-7-8-15-12-18(22)20-16-11-14(2)9-10-17(16)21(3,4)23-19(20)13-15/h6*11-13,16-17,22H,5-10H2,1-4H3/t6*16-,17-/m111111/s1/i3D3,4D3,8D2,9D2,10D2,11D,17D;2D3,8D2,9D2,10D2,11D,16D,17D;3D3,4D3,8D2,10D2,11D,17D;2D3,8D2,10D2,11D,16D,17D;3D3,4D3,8D2,9D2;3D3,4D3,8D2. The maximum atomic E-state index is 11.0. The Hall–Kier alpha value is -8.64. The van der Waals surface area contributed by atoms with Gasteiger partial charge in [0.15, 0.2) is 0 Å². The molecule has 18 rings (SSSR count). The van der Waals surface area contributed by atoms with Crippen molar-refractivity contribution < 1.29 is 150 Å². The molecule has 12 atom stereocenters. The van der Waals surface area contributed by atoms with Crippen LogP contribution in [0.1, 0.15) is 550 Å². The highest BCUT2D eigenvalue weighted by molar-refractivity contribution is 5.60. The van der Waals surface area contributed by atoms with Crippen LogP contribution in [0.2, 0.25) is 0 Å². The van der Waals surface area contributed by atoms with Crippen molar-refractivity contribution in [2.75, 3.05) is 0 Å². The molecule has 0 bridgehead atoms. The van der Waals surface area contributed by atoms with Gasteiger partial charge >= 0.3 is 0 Å². The maximum absolute atomic E-state index is 11.0. The Morgan fingerprint density at radius 1 is 0.304 bits per heavy atom. The average Bonchev–Trinajstić information content (AvgIpc) is 0.642. The maximum Gasteiger partial charge on any atom is 0.127 e. The molecule has 6 aromatic rings. The van der Waals surface area contributed by atoms with Crippen LogP contribution in [0, 0.1) is 35.4 Å². The van der Waals surface area contributed by atoms with E-state index in [0.717, 1.165) is 74.6 Å². The number of aryl methyl sites for hydroxylation is 6. The SMILES string of the molecule is [2H]C([2H])(CCCC)c1cc(O)c2c(c1)OC(C([2H])([2H])[2H])(C([2H])([2H])[2H])[C@@H]1CCC(C)=C[C@@H]21.[2H]C1([2H])C[C@@H]2[C@@H](C=C1C)c1c(O)cc(C([2H])([2H])CCCC)cc1OC2(C([2H])([2H])[2H])C([2H])([2H])[2H].[2H]C1=C(C([2H])([2H])[2H])C([2H])([2H])C([2H])([2H])[C@@]2([2H])C(C)(C)Oc3cc(C([2H])([2H])CCCC)cc(O)c3[C@]12[2H].[2H]C1=C(C([2H])([2H])[2H])CC([2H])([2H])[C@@]2([2H])C(C)(C)Oc3cc(C([2H])([2H])CCCC)cc(O)c3[C@]12[2H].[2H]C1=C(C)C([2H])([2H])C([2H])([2H])[C@]2([2H])[C@@H]1c1c(O)cc(C([2H])([2H])CCCC)cc1OC2(C([2H])([2H])[2H])C([2H])([2H])[2H].[2H]C1=C(C)CC([2H])([2H])[C@]2([2H])[C@@H]1c1c(O)cc(C([2H])([2H])CCCC)cc1OC2(C([2H])([2H])[2H])C([2H])([2H])[2H]. The molecule has 138 heavy (non-hydrogen) atoms. The van der Waals surface area contributed by atoms with Crippen LogP contribution in [-0.2, 0) is 38.2 Å². The summed E-state index contributed by atoms with van der Waals surface area (Å²) in [4.78, 5) is 0. The minimum atomic E-state index is -3.75. The van der Waals surface area contributed by atoms with Gasteiger partial charge in [0.05, 0.1) is 5.48 Å². The van der Waals surface area contributed by atoms with E-state index < -0.39 is 356 Å². The van der Waals surface area contributed by atoms with Crippen molar-refractivity contribution in [2.24, 2.45) is 35.4 Å². The topological polar surface area (TPSA) is 177 Å². The lowest BCUT2D eigenvalue weighted by Gasteiger charge is -2.46. The van der Waals surface area contributed by atoms with E-state index in [2.05, 4.69) is 0 Å². The molecule has 756 valence electrons. The van der Waals surface area contributed by atoms with E-state index in [4.69, 9.17) is 111 Å². The third-order valence-corrected chi connectivity index (χ3v) is 25.6. The molecule has 6 heterocycles. The lowest BCUT2D eigenvalue weighted by atomic mass is 9.68. The lowest BCUT2D eigenvalue weighted by molar-refractivity contribution is 0.0104. The minimum Gasteiger partial charge on any atom is -0.507 e. The third-order valence-electron chi connectivity index (χ3n) is 25.6. The van der Waals surface area contributed by atoms with Crippen LogP contribution in [0.15, 0.2) is 143 Å². The summed E-state index contributed by atoms with van der Waals surface area (Å²) in [7, 11) is 0. The first-order valence-electron chi connectivity index (χ1n) is 81.1. The van der Waals surface area contributed by atoms with Crippen molar-refractivity contribution in [3.8, 4) is 69.0 Å². The number of hydrogen-bond acceptors (Lipinski definition) is 12. The molecular weight excluding hydrogens is 1710 g/mol. The predicted octanol–water partition coefficient (Wildman–Crippen LogP) is 34.4. The van der Waals surface area contributed by atoms with E-state index >= 15 is 0 Å². The quantitative estimate of drug-likeness (QED) is 0.0317. The molecule has 12 heteroatoms. The van der Waals surface area contributed by atoms with E-state index in [1.54, 1.807) is 6.92 Å². The van der Waals surface area contributed by atoms with Crippen LogP contribution in [-0.4, -0.2) is 64.2 Å². The van der Waals surface area contributed by atoms with Crippen molar-refractivity contribution in [1.82, 2.24) is 0 Å². The Balaban J connectivity index is 0.000000196. The molecule has 0 unspecified atom stereocenters. The first-order chi connectivity index (χ1) is 91.5. The number of aromatic hydroxyl groups is 6. The number of benzene rings is 6. The van der Waals surface area contributed by atoms with Crippen LogP contribution >= 0.6 is 0 Å². The van der Waals surface area contributed by atoms with Crippen molar-refractivity contribution in [2.45, 2.75) is 465 Å². The van der Waals surface area contributed by atoms with Gasteiger partial charge in [-0.15, -0.1) is 0 Å². The van der Waals surface area contributed by atoms with Gasteiger partial charge in [0.1, 0.15) is 103 Å². The summed E-state index contributed by atoms with van der Waals surface area (Å²) in [6.07, 6.45) is -21.1. The highest BCUT2D eigenvalue weighted by Gasteiger charge is 2.52. The largest absolute Gasteiger partial charge is 0.507 e. The molecule has 0 saturated carbocycles. The van der Waals surface area contributed by atoms with Crippen LogP contribution in [0.25, 0.3) is 0 Å². The van der Waals surface area contributed by atoms with Gasteiger partial charge in [-0.1, -0.05) is 188 Å². The molecule has 12 aliphatic rings. The Kier molecular flexibility index (Phi) is 16.4. The Bertz CT molecular complexity index is 8490. The summed E-state index contributed by atoms with van der Waals surface area (Å²) in [5.74, 6) is -30.1. The Labute approximate surface area is 927 Å². The van der Waals surface area contributed by atoms with Crippen LogP contribution in [0.5, 0.6) is 69.0 Å². The van der Waals surface area contributed by atoms with Gasteiger partial charge in [0.2, 0.25) is 0 Å². The van der Waals surface area contributed by atoms with Crippen LogP contribution < -0.4 is 28.4 Å². The van der Waals surface area contributed by atoms with E-state index in [9.17, 15) is 38.9 Å². The van der Waals surface area contributed by atoms with Gasteiger partial charge in [-0.3, -0.25) is 0 Å². The monoisotopic (exact) mass is 1950 g/mol. The molecule has 6 aliphatic carbocycles. The van der Waals surface area contributed by atoms with Crippen molar-refractivity contribution in [3.63, 3.8) is 0 Å². The normalized spacial score (nSPS) is 39.8. The molecule has 0 aromatic heterocycles. The number of phenols is 6. The molecule has 6 aliphatic heterocycles. The average molecular weight is 1950 g/mol. The molecule has 6 aromatic carbocycles. The second-order valence-electron chi connectivity index (χ2n) is 37.8. The molecule has 0 saturated heterocycles. The molecule has 0 radical (unpaired) electrons. The number of rotatable bonds is 24. The highest BCUT2D eigenvalue weighted by Crippen LogP contribution is 2.61. The summed E-state index contributed by atoms with van der Waals surface area (Å²) < 4.78 is 588. The van der Waals surface area contributed by atoms with E-state index in [1.807, 2.05) is 54.5 Å². The minimum absolute atomic E-state index is 0.0137. The Morgan fingerprint density at radius 2 is 0.594 bits per heavy atom. The van der Waals surface area contributed by atoms with Crippen molar-refractivity contribution in [3.05, 3.63) is 209 Å². The number of unbranched alkanes of at least 4 members (excludes halogenated alkanes) is 6. The van der Waals surface area contributed by atoms with Gasteiger partial charge in [-0.05, 0) is 384 Å². The molecule has 0 amide bonds. The zero-order valence-electron chi connectivity index (χ0n) is 147. The van der Waals surface area contributed by atoms with Crippen molar-refractivity contribution >= 4 is 0 Å². The molecular formula is C126H180O12. The van der Waals surface area contributed by atoms with Gasteiger partial charge in [0, 0.05) is 189 Å². The first kappa shape index (κ1) is 49.6. The summed E-state index contributed by atoms with van der Waals surface area (Å²) in [6.45, 7) is -10.3. The van der Waals surface area contributed by atoms with E-state index in [1.165, 1.54) is 77.1 Å². The number of fused-ring (bicyclic) bond motifs is 18. The fraction of sp³-hybridized carbons (Fsp3) is 0.619. The highest BCUT2D eigenvalue weighted by atomic mass is 16.5. The number of allylic oxidation sites excluding steroid dienone is 12. The fourth-order valence-electron chi connectivity index (χ4n) is 18.5. The summed E-state index contributed by atoms with van der Waals surface area (Å²) in [5, 5.41) is 65.8. The number of phenolic OH excluding ortho intramolecular Hbond substituents is 6. The van der Waals surface area contributed by atoms with E-state index in [-0.39, 0.29) is 135 Å². The van der Waals surface area contributed by atoms with Crippen molar-refractivity contribution in [1.29, 1.82) is 0 Å².